The van der Waals surface area contributed by atoms with Gasteiger partial charge < -0.3 is 15.9 Å². The lowest BCUT2D eigenvalue weighted by Crippen LogP contribution is -2.14. The van der Waals surface area contributed by atoms with Crippen LogP contribution in [-0.2, 0) is 0 Å². The number of aliphatic hydroxyl groups excluding tert-OH is 2. The third kappa shape index (κ3) is 2.69. The predicted octanol–water partition coefficient (Wildman–Crippen LogP) is 1.26. The number of benzene rings is 1. The quantitative estimate of drug-likeness (QED) is 0.562. The Morgan fingerprint density at radius 3 is 2.94 bits per heavy atom. The standard InChI is InChI=1S/C12H14N2O2S/c13-12-10-3-4-14-5-8(10)1-2-11(12)17-7-9(16)6-15/h1-5,9,15-16H,6-7,13H2. The van der Waals surface area contributed by atoms with Gasteiger partial charge in [-0.25, -0.2) is 0 Å². The largest absolute Gasteiger partial charge is 0.397 e. The molecule has 17 heavy (non-hydrogen) atoms. The van der Waals surface area contributed by atoms with Gasteiger partial charge in [0.2, 0.25) is 0 Å². The monoisotopic (exact) mass is 250 g/mol. The van der Waals surface area contributed by atoms with Crippen LogP contribution in [0.25, 0.3) is 10.8 Å². The third-order valence-electron chi connectivity index (χ3n) is 2.46. The molecule has 5 heteroatoms. The van der Waals surface area contributed by atoms with E-state index in [1.165, 1.54) is 11.8 Å². The van der Waals surface area contributed by atoms with Crippen LogP contribution in [0.1, 0.15) is 0 Å². The molecule has 0 bridgehead atoms. The minimum atomic E-state index is -0.715. The lowest BCUT2D eigenvalue weighted by molar-refractivity contribution is 0.113. The summed E-state index contributed by atoms with van der Waals surface area (Å²) in [6.45, 7) is -0.232. The number of nitrogen functional groups attached to an aromatic ring is 1. The normalized spacial score (nSPS) is 12.8. The summed E-state index contributed by atoms with van der Waals surface area (Å²) in [6, 6.07) is 5.73. The summed E-state index contributed by atoms with van der Waals surface area (Å²) < 4.78 is 0. The van der Waals surface area contributed by atoms with Gasteiger partial charge in [0.1, 0.15) is 0 Å². The number of nitrogens with two attached hydrogens (primary N) is 1. The molecule has 2 aromatic rings. The average Bonchev–Trinajstić information content (AvgIpc) is 2.38. The number of nitrogens with zero attached hydrogens (tertiary/aromatic N) is 1. The van der Waals surface area contributed by atoms with Crippen LogP contribution in [0.3, 0.4) is 0 Å². The van der Waals surface area contributed by atoms with E-state index >= 15 is 0 Å². The molecule has 90 valence electrons. The van der Waals surface area contributed by atoms with E-state index in [9.17, 15) is 5.11 Å². The van der Waals surface area contributed by atoms with Gasteiger partial charge in [-0.1, -0.05) is 6.07 Å². The Morgan fingerprint density at radius 1 is 1.35 bits per heavy atom. The first-order chi connectivity index (χ1) is 8.22. The van der Waals surface area contributed by atoms with E-state index in [1.807, 2.05) is 18.2 Å². The number of hydrogen-bond acceptors (Lipinski definition) is 5. The van der Waals surface area contributed by atoms with Gasteiger partial charge in [0.25, 0.3) is 0 Å². The molecule has 0 radical (unpaired) electrons. The molecule has 4 nitrogen and oxygen atoms in total. The van der Waals surface area contributed by atoms with Crippen LogP contribution in [-0.4, -0.2) is 33.7 Å². The van der Waals surface area contributed by atoms with Crippen molar-refractivity contribution in [3.8, 4) is 0 Å². The van der Waals surface area contributed by atoms with Crippen molar-refractivity contribution in [2.45, 2.75) is 11.0 Å². The summed E-state index contributed by atoms with van der Waals surface area (Å²) in [7, 11) is 0. The van der Waals surface area contributed by atoms with Gasteiger partial charge in [-0.3, -0.25) is 4.98 Å². The molecule has 0 aliphatic rings. The molecule has 0 aliphatic carbocycles. The zero-order valence-electron chi connectivity index (χ0n) is 9.21. The first-order valence-electron chi connectivity index (χ1n) is 5.26. The molecule has 1 unspecified atom stereocenters. The van der Waals surface area contributed by atoms with E-state index in [4.69, 9.17) is 10.8 Å². The summed E-state index contributed by atoms with van der Waals surface area (Å²) >= 11 is 1.44. The van der Waals surface area contributed by atoms with Crippen LogP contribution in [0.4, 0.5) is 5.69 Å². The molecule has 1 atom stereocenters. The smallest absolute Gasteiger partial charge is 0.0864 e. The molecule has 0 saturated carbocycles. The van der Waals surface area contributed by atoms with Crippen molar-refractivity contribution >= 4 is 28.2 Å². The molecule has 0 aliphatic heterocycles. The average molecular weight is 250 g/mol. The molecule has 0 spiro atoms. The molecule has 0 fully saturated rings. The fourth-order valence-corrected chi connectivity index (χ4v) is 2.44. The molecule has 4 N–H and O–H groups in total. The Bertz CT molecular complexity index is 519. The summed E-state index contributed by atoms with van der Waals surface area (Å²) in [5, 5.41) is 20.0. The number of thioether (sulfide) groups is 1. The van der Waals surface area contributed by atoms with Gasteiger partial charge in [0.15, 0.2) is 0 Å². The second kappa shape index (κ2) is 5.35. The maximum atomic E-state index is 9.30. The minimum Gasteiger partial charge on any atom is -0.397 e. The van der Waals surface area contributed by atoms with Gasteiger partial charge in [0, 0.05) is 33.8 Å². The number of aromatic nitrogens is 1. The zero-order chi connectivity index (χ0) is 12.3. The van der Waals surface area contributed by atoms with E-state index in [-0.39, 0.29) is 6.61 Å². The Labute approximate surface area is 103 Å². The lowest BCUT2D eigenvalue weighted by atomic mass is 10.1. The second-order valence-electron chi connectivity index (χ2n) is 3.72. The Morgan fingerprint density at radius 2 is 2.18 bits per heavy atom. The summed E-state index contributed by atoms with van der Waals surface area (Å²) in [5.74, 6) is 0.428. The molecule has 1 heterocycles. The van der Waals surface area contributed by atoms with E-state index in [1.54, 1.807) is 12.4 Å². The van der Waals surface area contributed by atoms with Crippen LogP contribution in [0, 0.1) is 0 Å². The van der Waals surface area contributed by atoms with Gasteiger partial charge in [-0.05, 0) is 12.1 Å². The number of aliphatic hydroxyl groups is 2. The SMILES string of the molecule is Nc1c(SCC(O)CO)ccc2cnccc12. The fourth-order valence-electron chi connectivity index (χ4n) is 1.54. The van der Waals surface area contributed by atoms with Crippen LogP contribution in [0.15, 0.2) is 35.5 Å². The number of anilines is 1. The van der Waals surface area contributed by atoms with E-state index in [0.29, 0.717) is 11.4 Å². The minimum absolute atomic E-state index is 0.232. The van der Waals surface area contributed by atoms with Crippen LogP contribution in [0.2, 0.25) is 0 Å². The third-order valence-corrected chi connectivity index (χ3v) is 3.68. The van der Waals surface area contributed by atoms with Gasteiger partial charge >= 0.3 is 0 Å². The zero-order valence-corrected chi connectivity index (χ0v) is 10.0. The molecule has 2 rings (SSSR count). The van der Waals surface area contributed by atoms with Gasteiger partial charge in [-0.2, -0.15) is 0 Å². The molecule has 1 aromatic heterocycles. The highest BCUT2D eigenvalue weighted by Gasteiger charge is 2.08. The van der Waals surface area contributed by atoms with E-state index < -0.39 is 6.10 Å². The van der Waals surface area contributed by atoms with Crippen LogP contribution in [0.5, 0.6) is 0 Å². The Balaban J connectivity index is 2.26. The number of fused-ring (bicyclic) bond motifs is 1. The van der Waals surface area contributed by atoms with E-state index in [0.717, 1.165) is 15.7 Å². The summed E-state index contributed by atoms with van der Waals surface area (Å²) in [5.41, 5.74) is 6.75. The maximum Gasteiger partial charge on any atom is 0.0864 e. The molecule has 0 saturated heterocycles. The highest BCUT2D eigenvalue weighted by molar-refractivity contribution is 7.99. The van der Waals surface area contributed by atoms with Crippen molar-refractivity contribution < 1.29 is 10.2 Å². The first-order valence-corrected chi connectivity index (χ1v) is 6.25. The number of pyridine rings is 1. The van der Waals surface area contributed by atoms with Gasteiger partial charge in [0.05, 0.1) is 18.4 Å². The highest BCUT2D eigenvalue weighted by atomic mass is 32.2. The van der Waals surface area contributed by atoms with Crippen molar-refractivity contribution in [3.05, 3.63) is 30.6 Å². The molecular formula is C12H14N2O2S. The molecule has 1 aromatic carbocycles. The lowest BCUT2D eigenvalue weighted by Gasteiger charge is -2.10. The highest BCUT2D eigenvalue weighted by Crippen LogP contribution is 2.31. The van der Waals surface area contributed by atoms with Crippen LogP contribution >= 0.6 is 11.8 Å². The summed E-state index contributed by atoms with van der Waals surface area (Å²) in [6.07, 6.45) is 2.76. The van der Waals surface area contributed by atoms with Crippen molar-refractivity contribution in [1.82, 2.24) is 4.98 Å². The van der Waals surface area contributed by atoms with Gasteiger partial charge in [-0.15, -0.1) is 11.8 Å². The predicted molar refractivity (Wildman–Crippen MR) is 70.0 cm³/mol. The topological polar surface area (TPSA) is 79.4 Å². The number of hydrogen-bond donors (Lipinski definition) is 3. The number of rotatable bonds is 4. The molecule has 0 amide bonds. The Hall–Kier alpha value is -1.30. The maximum absolute atomic E-state index is 9.30. The molecular weight excluding hydrogens is 236 g/mol. The van der Waals surface area contributed by atoms with E-state index in [2.05, 4.69) is 4.98 Å². The van der Waals surface area contributed by atoms with Crippen molar-refractivity contribution in [3.63, 3.8) is 0 Å². The van der Waals surface area contributed by atoms with Crippen molar-refractivity contribution in [2.24, 2.45) is 0 Å². The summed E-state index contributed by atoms with van der Waals surface area (Å²) in [4.78, 5) is 4.95. The van der Waals surface area contributed by atoms with Crippen molar-refractivity contribution in [2.75, 3.05) is 18.1 Å². The fraction of sp³-hybridized carbons (Fsp3) is 0.250. The second-order valence-corrected chi connectivity index (χ2v) is 4.78. The van der Waals surface area contributed by atoms with Crippen LogP contribution < -0.4 is 5.73 Å². The Kier molecular flexibility index (Phi) is 3.83. The van der Waals surface area contributed by atoms with Crippen molar-refractivity contribution in [1.29, 1.82) is 0 Å². The first kappa shape index (κ1) is 12.2.